The van der Waals surface area contributed by atoms with E-state index in [2.05, 4.69) is 26.7 Å². The Balaban J connectivity index is 2.26. The number of nitrogens with two attached hydrogens (primary N) is 1. The van der Waals surface area contributed by atoms with Crippen molar-refractivity contribution in [1.82, 2.24) is 0 Å². The van der Waals surface area contributed by atoms with Gasteiger partial charge in [-0.1, -0.05) is 11.6 Å². The zero-order chi connectivity index (χ0) is 15.4. The second-order valence-corrected chi connectivity index (χ2v) is 5.35. The molecule has 110 valence electrons. The van der Waals surface area contributed by atoms with Crippen molar-refractivity contribution in [3.63, 3.8) is 0 Å². The molecule has 4 N–H and O–H groups in total. The normalized spacial score (nSPS) is 10.1. The number of hydrazine groups is 1. The number of ether oxygens (including phenoxy) is 1. The number of hydrogen-bond acceptors (Lipinski definition) is 4. The van der Waals surface area contributed by atoms with Crippen LogP contribution < -0.4 is 21.3 Å². The Morgan fingerprint density at radius 1 is 1.24 bits per heavy atom. The molecule has 1 amide bonds. The number of carbonyl (C=O) groups excluding carboxylic acids is 1. The smallest absolute Gasteiger partial charge is 0.257 e. The molecular formula is C15H16BrN3O2. The Kier molecular flexibility index (Phi) is 4.82. The molecule has 0 saturated heterocycles. The lowest BCUT2D eigenvalue weighted by molar-refractivity contribution is 0.102. The number of aryl methyl sites for hydroxylation is 1. The SMILES string of the molecule is COc1ccc(NC(=O)c2cc(C)ccc2NN)cc1Br. The van der Waals surface area contributed by atoms with Gasteiger partial charge in [0.25, 0.3) is 5.91 Å². The Bertz CT molecular complexity index is 674. The molecule has 0 atom stereocenters. The fourth-order valence-electron chi connectivity index (χ4n) is 1.91. The second-order valence-electron chi connectivity index (χ2n) is 4.50. The fourth-order valence-corrected chi connectivity index (χ4v) is 2.46. The highest BCUT2D eigenvalue weighted by atomic mass is 79.9. The quantitative estimate of drug-likeness (QED) is 0.584. The highest BCUT2D eigenvalue weighted by Crippen LogP contribution is 2.28. The van der Waals surface area contributed by atoms with E-state index in [1.54, 1.807) is 37.4 Å². The summed E-state index contributed by atoms with van der Waals surface area (Å²) in [7, 11) is 1.59. The van der Waals surface area contributed by atoms with Gasteiger partial charge in [-0.3, -0.25) is 10.6 Å². The van der Waals surface area contributed by atoms with E-state index >= 15 is 0 Å². The summed E-state index contributed by atoms with van der Waals surface area (Å²) in [6, 6.07) is 10.8. The molecule has 21 heavy (non-hydrogen) atoms. The first-order valence-electron chi connectivity index (χ1n) is 6.27. The Labute approximate surface area is 131 Å². The topological polar surface area (TPSA) is 76.4 Å². The number of benzene rings is 2. The lowest BCUT2D eigenvalue weighted by atomic mass is 10.1. The van der Waals surface area contributed by atoms with E-state index in [9.17, 15) is 4.79 Å². The van der Waals surface area contributed by atoms with Crippen molar-refractivity contribution in [2.24, 2.45) is 5.84 Å². The molecule has 0 aliphatic heterocycles. The van der Waals surface area contributed by atoms with Crippen LogP contribution in [0.1, 0.15) is 15.9 Å². The molecule has 0 bridgehead atoms. The number of halogens is 1. The first-order valence-corrected chi connectivity index (χ1v) is 7.06. The van der Waals surface area contributed by atoms with E-state index in [-0.39, 0.29) is 5.91 Å². The Hall–Kier alpha value is -2.05. The third-order valence-electron chi connectivity index (χ3n) is 2.98. The molecule has 0 saturated carbocycles. The minimum atomic E-state index is -0.233. The van der Waals surface area contributed by atoms with Gasteiger partial charge in [-0.05, 0) is 53.2 Å². The lowest BCUT2D eigenvalue weighted by Crippen LogP contribution is -2.17. The highest BCUT2D eigenvalue weighted by molar-refractivity contribution is 9.10. The summed E-state index contributed by atoms with van der Waals surface area (Å²) in [5.41, 5.74) is 5.24. The molecule has 0 radical (unpaired) electrons. The summed E-state index contributed by atoms with van der Waals surface area (Å²) >= 11 is 3.38. The van der Waals surface area contributed by atoms with Crippen molar-refractivity contribution in [2.75, 3.05) is 17.9 Å². The van der Waals surface area contributed by atoms with Gasteiger partial charge in [0, 0.05) is 5.69 Å². The third-order valence-corrected chi connectivity index (χ3v) is 3.60. The van der Waals surface area contributed by atoms with Crippen molar-refractivity contribution in [3.05, 3.63) is 52.0 Å². The van der Waals surface area contributed by atoms with Crippen LogP contribution in [0.2, 0.25) is 0 Å². The molecule has 0 spiro atoms. The van der Waals surface area contributed by atoms with Crippen LogP contribution in [0, 0.1) is 6.92 Å². The van der Waals surface area contributed by atoms with Crippen molar-refractivity contribution in [3.8, 4) is 5.75 Å². The maximum atomic E-state index is 12.4. The van der Waals surface area contributed by atoms with Crippen LogP contribution in [0.25, 0.3) is 0 Å². The van der Waals surface area contributed by atoms with Gasteiger partial charge in [0.1, 0.15) is 5.75 Å². The number of hydrogen-bond donors (Lipinski definition) is 3. The van der Waals surface area contributed by atoms with Crippen molar-refractivity contribution in [2.45, 2.75) is 6.92 Å². The molecule has 0 aliphatic rings. The van der Waals surface area contributed by atoms with E-state index in [0.29, 0.717) is 22.7 Å². The molecule has 2 aromatic carbocycles. The summed E-state index contributed by atoms with van der Waals surface area (Å²) in [4.78, 5) is 12.4. The van der Waals surface area contributed by atoms with Crippen molar-refractivity contribution < 1.29 is 9.53 Å². The van der Waals surface area contributed by atoms with Crippen LogP contribution in [0.5, 0.6) is 5.75 Å². The minimum absolute atomic E-state index is 0.233. The summed E-state index contributed by atoms with van der Waals surface area (Å²) < 4.78 is 5.92. The molecule has 5 nitrogen and oxygen atoms in total. The molecule has 2 rings (SSSR count). The van der Waals surface area contributed by atoms with E-state index < -0.39 is 0 Å². The van der Waals surface area contributed by atoms with Crippen LogP contribution in [-0.4, -0.2) is 13.0 Å². The standard InChI is InChI=1S/C15H16BrN3O2/c1-9-3-5-13(19-17)11(7-9)15(20)18-10-4-6-14(21-2)12(16)8-10/h3-8,19H,17H2,1-2H3,(H,18,20). The number of methoxy groups -OCH3 is 1. The zero-order valence-corrected chi connectivity index (χ0v) is 13.3. The molecule has 0 aromatic heterocycles. The molecule has 0 heterocycles. The Morgan fingerprint density at radius 2 is 2.00 bits per heavy atom. The monoisotopic (exact) mass is 349 g/mol. The summed E-state index contributed by atoms with van der Waals surface area (Å²) in [6.45, 7) is 1.92. The van der Waals surface area contributed by atoms with Crippen LogP contribution in [0.15, 0.2) is 40.9 Å². The lowest BCUT2D eigenvalue weighted by Gasteiger charge is -2.11. The molecule has 0 unspecified atom stereocenters. The number of nitrogen functional groups attached to an aromatic ring is 1. The third kappa shape index (κ3) is 3.53. The highest BCUT2D eigenvalue weighted by Gasteiger charge is 2.12. The first-order chi connectivity index (χ1) is 10.0. The Morgan fingerprint density at radius 3 is 2.62 bits per heavy atom. The number of rotatable bonds is 4. The molecule has 2 aromatic rings. The van der Waals surface area contributed by atoms with Gasteiger partial charge in [0.2, 0.25) is 0 Å². The van der Waals surface area contributed by atoms with Gasteiger partial charge in [0.05, 0.1) is 22.8 Å². The fraction of sp³-hybridized carbons (Fsp3) is 0.133. The van der Waals surface area contributed by atoms with Gasteiger partial charge in [0.15, 0.2) is 0 Å². The molecule has 0 fully saturated rings. The van der Waals surface area contributed by atoms with Crippen LogP contribution in [0.3, 0.4) is 0 Å². The molecular weight excluding hydrogens is 334 g/mol. The summed E-state index contributed by atoms with van der Waals surface area (Å²) in [6.07, 6.45) is 0. The number of anilines is 2. The summed E-state index contributed by atoms with van der Waals surface area (Å²) in [5.74, 6) is 5.91. The predicted octanol–water partition coefficient (Wildman–Crippen LogP) is 3.30. The summed E-state index contributed by atoms with van der Waals surface area (Å²) in [5, 5.41) is 2.83. The maximum absolute atomic E-state index is 12.4. The van der Waals surface area contributed by atoms with Gasteiger partial charge >= 0.3 is 0 Å². The second kappa shape index (κ2) is 6.60. The first kappa shape index (κ1) is 15.3. The van der Waals surface area contributed by atoms with Gasteiger partial charge in [-0.2, -0.15) is 0 Å². The van der Waals surface area contributed by atoms with Gasteiger partial charge in [-0.15, -0.1) is 0 Å². The average molecular weight is 350 g/mol. The molecule has 6 heteroatoms. The zero-order valence-electron chi connectivity index (χ0n) is 11.7. The van der Waals surface area contributed by atoms with Crippen LogP contribution in [0.4, 0.5) is 11.4 Å². The van der Waals surface area contributed by atoms with Crippen molar-refractivity contribution >= 4 is 33.2 Å². The van der Waals surface area contributed by atoms with E-state index in [1.165, 1.54) is 0 Å². The van der Waals surface area contributed by atoms with Gasteiger partial charge < -0.3 is 15.5 Å². The maximum Gasteiger partial charge on any atom is 0.257 e. The van der Waals surface area contributed by atoms with Crippen molar-refractivity contribution in [1.29, 1.82) is 0 Å². The average Bonchev–Trinajstić information content (AvgIpc) is 2.47. The van der Waals surface area contributed by atoms with E-state index in [4.69, 9.17) is 10.6 Å². The van der Waals surface area contributed by atoms with Crippen LogP contribution >= 0.6 is 15.9 Å². The number of carbonyl (C=O) groups is 1. The predicted molar refractivity (Wildman–Crippen MR) is 87.6 cm³/mol. The largest absolute Gasteiger partial charge is 0.496 e. The minimum Gasteiger partial charge on any atom is -0.496 e. The van der Waals surface area contributed by atoms with E-state index in [1.807, 2.05) is 13.0 Å². The number of nitrogens with one attached hydrogen (secondary N) is 2. The number of amides is 1. The van der Waals surface area contributed by atoms with Crippen LogP contribution in [-0.2, 0) is 0 Å². The van der Waals surface area contributed by atoms with Gasteiger partial charge in [-0.25, -0.2) is 0 Å². The molecule has 0 aliphatic carbocycles. The van der Waals surface area contributed by atoms with E-state index in [0.717, 1.165) is 10.0 Å².